The normalized spacial score (nSPS) is 16.5. The summed E-state index contributed by atoms with van der Waals surface area (Å²) in [6, 6.07) is 25.2. The van der Waals surface area contributed by atoms with Crippen LogP contribution in [0.3, 0.4) is 0 Å². The van der Waals surface area contributed by atoms with Gasteiger partial charge < -0.3 is 10.6 Å². The molecular formula is C45H47N9O3. The van der Waals surface area contributed by atoms with Crippen molar-refractivity contribution in [2.75, 3.05) is 18.4 Å². The summed E-state index contributed by atoms with van der Waals surface area (Å²) in [7, 11) is 0. The van der Waals surface area contributed by atoms with Gasteiger partial charge in [-0.05, 0) is 103 Å². The Morgan fingerprint density at radius 2 is 1.65 bits per heavy atom. The lowest BCUT2D eigenvalue weighted by molar-refractivity contribution is -0.133. The number of piperidine rings is 2. The lowest BCUT2D eigenvalue weighted by atomic mass is 9.89. The lowest BCUT2D eigenvalue weighted by Gasteiger charge is -2.32. The minimum atomic E-state index is -0.374. The van der Waals surface area contributed by atoms with E-state index in [9.17, 15) is 14.4 Å². The zero-order valence-electron chi connectivity index (χ0n) is 32.5. The van der Waals surface area contributed by atoms with Crippen LogP contribution in [0, 0.1) is 6.92 Å². The summed E-state index contributed by atoms with van der Waals surface area (Å²) >= 11 is 0. The number of rotatable bonds is 11. The van der Waals surface area contributed by atoms with E-state index in [1.807, 2.05) is 55.7 Å². The van der Waals surface area contributed by atoms with E-state index in [1.165, 1.54) is 17.3 Å². The fourth-order valence-electron chi connectivity index (χ4n) is 7.74. The molecule has 3 aromatic heterocycles. The van der Waals surface area contributed by atoms with E-state index in [-0.39, 0.29) is 29.7 Å². The summed E-state index contributed by atoms with van der Waals surface area (Å²) in [5.41, 5.74) is 11.7. The second-order valence-electron chi connectivity index (χ2n) is 15.5. The Labute approximate surface area is 332 Å². The molecule has 290 valence electrons. The van der Waals surface area contributed by atoms with Gasteiger partial charge in [0.25, 0.3) is 5.91 Å². The number of nitrogens with zero attached hydrogens (tertiary/aromatic N) is 6. The van der Waals surface area contributed by atoms with E-state index in [0.29, 0.717) is 31.0 Å². The number of hydrogen-bond acceptors (Lipinski definition) is 9. The molecule has 3 aromatic carbocycles. The number of imide groups is 1. The maximum absolute atomic E-state index is 12.7. The van der Waals surface area contributed by atoms with Crippen LogP contribution in [0.5, 0.6) is 0 Å². The molecule has 0 radical (unpaired) electrons. The predicted molar refractivity (Wildman–Crippen MR) is 219 cm³/mol. The third kappa shape index (κ3) is 8.61. The molecule has 1 atom stereocenters. The Balaban J connectivity index is 0.856. The van der Waals surface area contributed by atoms with Gasteiger partial charge in [0.05, 0.1) is 23.1 Å². The number of benzene rings is 3. The van der Waals surface area contributed by atoms with Crippen LogP contribution in [-0.4, -0.2) is 66.3 Å². The van der Waals surface area contributed by atoms with E-state index in [4.69, 9.17) is 0 Å². The Morgan fingerprint density at radius 1 is 0.877 bits per heavy atom. The summed E-state index contributed by atoms with van der Waals surface area (Å²) in [5, 5.41) is 13.2. The van der Waals surface area contributed by atoms with E-state index < -0.39 is 0 Å². The molecule has 2 fully saturated rings. The quantitative estimate of drug-likeness (QED) is 0.121. The maximum Gasteiger partial charge on any atom is 0.271 e. The molecule has 3 amide bonds. The summed E-state index contributed by atoms with van der Waals surface area (Å²) in [4.78, 5) is 52.2. The van der Waals surface area contributed by atoms with Crippen molar-refractivity contribution in [3.05, 3.63) is 131 Å². The minimum Gasteiger partial charge on any atom is -0.374 e. The second-order valence-corrected chi connectivity index (χ2v) is 15.5. The summed E-state index contributed by atoms with van der Waals surface area (Å²) in [6.45, 7) is 9.48. The van der Waals surface area contributed by atoms with Gasteiger partial charge in [0.2, 0.25) is 11.8 Å². The Hall–Kier alpha value is -6.27. The van der Waals surface area contributed by atoms with E-state index >= 15 is 0 Å². The largest absolute Gasteiger partial charge is 0.374 e. The van der Waals surface area contributed by atoms with Crippen LogP contribution >= 0.6 is 0 Å². The van der Waals surface area contributed by atoms with Gasteiger partial charge in [-0.3, -0.25) is 29.6 Å². The zero-order chi connectivity index (χ0) is 39.5. The SMILES string of the molecule is Cc1cc(-c2ncnn3cc(-c4ccc(CN5CCC(c6ccc(NC7CCC(=O)NC7=O)cc6)CC5)cc4)cc23)ccc1CNC(=O)c1cnc(C(C)C)cn1. The maximum atomic E-state index is 12.7. The van der Waals surface area contributed by atoms with Gasteiger partial charge in [-0.1, -0.05) is 62.4 Å². The van der Waals surface area contributed by atoms with Crippen LogP contribution in [0.15, 0.2) is 97.7 Å². The topological polar surface area (TPSA) is 147 Å². The first-order valence-electron chi connectivity index (χ1n) is 19.7. The number of aromatic nitrogens is 5. The van der Waals surface area contributed by atoms with Crippen LogP contribution in [-0.2, 0) is 22.7 Å². The van der Waals surface area contributed by atoms with Crippen molar-refractivity contribution >= 4 is 28.9 Å². The average molecular weight is 762 g/mol. The molecule has 2 aliphatic heterocycles. The number of nitrogens with one attached hydrogen (secondary N) is 3. The van der Waals surface area contributed by atoms with E-state index in [2.05, 4.69) is 89.4 Å². The highest BCUT2D eigenvalue weighted by Gasteiger charge is 2.27. The van der Waals surface area contributed by atoms with Crippen LogP contribution in [0.25, 0.3) is 27.9 Å². The number of fused-ring (bicyclic) bond motifs is 1. The van der Waals surface area contributed by atoms with Gasteiger partial charge in [-0.15, -0.1) is 0 Å². The van der Waals surface area contributed by atoms with Crippen LogP contribution in [0.2, 0.25) is 0 Å². The standard InChI is InChI=1S/C45H47N9O3/c1-28(2)39-23-47-40(24-46-39)44(56)48-22-35-9-8-34(20-29(35)3)43-41-21-36(26-54(41)50-27-49-43)32-6-4-30(5-7-32)25-53-18-16-33(17-19-53)31-10-12-37(13-11-31)51-38-14-15-42(55)52-45(38)57/h4-13,20-21,23-24,26-28,33,38,51H,14-19,22,25H2,1-3H3,(H,48,56)(H,52,55,57). The van der Waals surface area contributed by atoms with Gasteiger partial charge in [-0.2, -0.15) is 5.10 Å². The predicted octanol–water partition coefficient (Wildman–Crippen LogP) is 6.81. The van der Waals surface area contributed by atoms with Gasteiger partial charge in [0, 0.05) is 48.7 Å². The molecule has 2 saturated heterocycles. The van der Waals surface area contributed by atoms with Gasteiger partial charge in [-0.25, -0.2) is 14.5 Å². The number of likely N-dealkylation sites (tertiary alicyclic amines) is 1. The molecule has 0 bridgehead atoms. The van der Waals surface area contributed by atoms with Crippen molar-refractivity contribution in [1.29, 1.82) is 0 Å². The highest BCUT2D eigenvalue weighted by molar-refractivity contribution is 6.01. The first-order valence-corrected chi connectivity index (χ1v) is 19.7. The molecular weight excluding hydrogens is 715 g/mol. The summed E-state index contributed by atoms with van der Waals surface area (Å²) < 4.78 is 1.88. The number of carbonyl (C=O) groups excluding carboxylic acids is 3. The zero-order valence-corrected chi connectivity index (χ0v) is 32.5. The molecule has 12 nitrogen and oxygen atoms in total. The van der Waals surface area contributed by atoms with Crippen molar-refractivity contribution in [3.8, 4) is 22.4 Å². The van der Waals surface area contributed by atoms with Crippen LogP contribution in [0.4, 0.5) is 5.69 Å². The monoisotopic (exact) mass is 761 g/mol. The number of aryl methyl sites for hydroxylation is 1. The number of anilines is 1. The van der Waals surface area contributed by atoms with Crippen molar-refractivity contribution in [1.82, 2.24) is 40.1 Å². The van der Waals surface area contributed by atoms with Crippen molar-refractivity contribution in [2.24, 2.45) is 0 Å². The molecule has 1 unspecified atom stereocenters. The molecule has 8 rings (SSSR count). The van der Waals surface area contributed by atoms with Crippen LogP contribution < -0.4 is 16.0 Å². The molecule has 6 aromatic rings. The summed E-state index contributed by atoms with van der Waals surface area (Å²) in [5.74, 6) is 0.0501. The summed E-state index contributed by atoms with van der Waals surface area (Å²) in [6.07, 6.45) is 9.90. The highest BCUT2D eigenvalue weighted by Crippen LogP contribution is 2.32. The van der Waals surface area contributed by atoms with Crippen molar-refractivity contribution in [2.45, 2.75) is 77.4 Å². The molecule has 2 aliphatic rings. The average Bonchev–Trinajstić information content (AvgIpc) is 3.67. The second kappa shape index (κ2) is 16.4. The fourth-order valence-corrected chi connectivity index (χ4v) is 7.74. The third-order valence-corrected chi connectivity index (χ3v) is 11.2. The van der Waals surface area contributed by atoms with Crippen molar-refractivity contribution < 1.29 is 14.4 Å². The number of hydrogen-bond donors (Lipinski definition) is 3. The molecule has 3 N–H and O–H groups in total. The molecule has 57 heavy (non-hydrogen) atoms. The van der Waals surface area contributed by atoms with Gasteiger partial charge >= 0.3 is 0 Å². The van der Waals surface area contributed by atoms with E-state index in [1.54, 1.807) is 12.5 Å². The molecule has 0 aliphatic carbocycles. The third-order valence-electron chi connectivity index (χ3n) is 11.2. The smallest absolute Gasteiger partial charge is 0.271 e. The van der Waals surface area contributed by atoms with Crippen molar-refractivity contribution in [3.63, 3.8) is 0 Å². The highest BCUT2D eigenvalue weighted by atomic mass is 16.2. The Kier molecular flexibility index (Phi) is 10.9. The van der Waals surface area contributed by atoms with Gasteiger partial charge in [0.1, 0.15) is 18.1 Å². The fraction of sp³-hybridized carbons (Fsp3) is 0.311. The molecule has 0 spiro atoms. The Bertz CT molecular complexity index is 2400. The first-order chi connectivity index (χ1) is 27.7. The molecule has 0 saturated carbocycles. The molecule has 5 heterocycles. The first kappa shape index (κ1) is 37.6. The minimum absolute atomic E-state index is 0.203. The van der Waals surface area contributed by atoms with Crippen LogP contribution in [0.1, 0.15) is 89.8 Å². The van der Waals surface area contributed by atoms with E-state index in [0.717, 1.165) is 82.9 Å². The van der Waals surface area contributed by atoms with Gasteiger partial charge in [0.15, 0.2) is 0 Å². The lowest BCUT2D eigenvalue weighted by Crippen LogP contribution is -2.47. The molecule has 12 heteroatoms. The number of amides is 3. The number of carbonyl (C=O) groups is 3. The Morgan fingerprint density at radius 3 is 2.35 bits per heavy atom.